The largest absolute Gasteiger partial charge is 0.369 e. The topological polar surface area (TPSA) is 54.7 Å². The molecule has 1 heterocycles. The van der Waals surface area contributed by atoms with E-state index < -0.39 is 0 Å². The van der Waals surface area contributed by atoms with Gasteiger partial charge in [0, 0.05) is 10.7 Å². The molecule has 0 aliphatic carbocycles. The molecule has 4 heteroatoms. The summed E-state index contributed by atoms with van der Waals surface area (Å²) in [4.78, 5) is 7.23. The highest BCUT2D eigenvalue weighted by molar-refractivity contribution is 6.31. The van der Waals surface area contributed by atoms with Crippen molar-refractivity contribution < 1.29 is 0 Å². The van der Waals surface area contributed by atoms with Gasteiger partial charge in [-0.2, -0.15) is 0 Å². The van der Waals surface area contributed by atoms with Gasteiger partial charge < -0.3 is 10.7 Å². The number of aryl methyl sites for hydroxylation is 3. The molecule has 1 aromatic carbocycles. The van der Waals surface area contributed by atoms with Gasteiger partial charge in [0.25, 0.3) is 0 Å². The minimum absolute atomic E-state index is 0.478. The van der Waals surface area contributed by atoms with Gasteiger partial charge in [-0.25, -0.2) is 4.98 Å². The maximum atomic E-state index is 6.08. The molecule has 0 atom stereocenters. The fourth-order valence-electron chi connectivity index (χ4n) is 1.72. The number of rotatable bonds is 3. The number of nitrogen functional groups attached to an aromatic ring is 1. The van der Waals surface area contributed by atoms with Crippen LogP contribution in [0.4, 0.5) is 5.95 Å². The zero-order chi connectivity index (χ0) is 11.5. The Morgan fingerprint density at radius 1 is 1.31 bits per heavy atom. The summed E-state index contributed by atoms with van der Waals surface area (Å²) >= 11 is 6.08. The molecule has 0 radical (unpaired) electrons. The van der Waals surface area contributed by atoms with Gasteiger partial charge >= 0.3 is 0 Å². The molecule has 84 valence electrons. The fourth-order valence-corrected chi connectivity index (χ4v) is 1.95. The summed E-state index contributed by atoms with van der Waals surface area (Å²) in [6, 6.07) is 7.87. The molecule has 2 aromatic rings. The summed E-state index contributed by atoms with van der Waals surface area (Å²) in [5.74, 6) is 0.478. The minimum atomic E-state index is 0.478. The van der Waals surface area contributed by atoms with E-state index in [1.807, 2.05) is 31.2 Å². The Kier molecular flexibility index (Phi) is 3.15. The first kappa shape index (κ1) is 11.0. The molecule has 3 N–H and O–H groups in total. The van der Waals surface area contributed by atoms with Gasteiger partial charge in [-0.15, -0.1) is 0 Å². The lowest BCUT2D eigenvalue weighted by molar-refractivity contribution is 0.915. The zero-order valence-electron chi connectivity index (χ0n) is 9.13. The van der Waals surface area contributed by atoms with Gasteiger partial charge in [0.05, 0.1) is 5.69 Å². The monoisotopic (exact) mass is 235 g/mol. The third-order valence-electron chi connectivity index (χ3n) is 2.59. The molecule has 16 heavy (non-hydrogen) atoms. The number of benzene rings is 1. The molecule has 3 nitrogen and oxygen atoms in total. The Balaban J connectivity index is 2.08. The average molecular weight is 236 g/mol. The first-order chi connectivity index (χ1) is 7.66. The zero-order valence-corrected chi connectivity index (χ0v) is 9.88. The Labute approximate surface area is 99.7 Å². The molecule has 0 unspecified atom stereocenters. The SMILES string of the molecule is Cc1[nH]c(N)nc1CCc1ccccc1Cl. The smallest absolute Gasteiger partial charge is 0.197 e. The Bertz CT molecular complexity index is 491. The number of halogens is 1. The van der Waals surface area contributed by atoms with Crippen molar-refractivity contribution in [1.29, 1.82) is 0 Å². The van der Waals surface area contributed by atoms with E-state index in [4.69, 9.17) is 17.3 Å². The van der Waals surface area contributed by atoms with E-state index in [1.54, 1.807) is 0 Å². The van der Waals surface area contributed by atoms with E-state index in [2.05, 4.69) is 9.97 Å². The number of aromatic amines is 1. The van der Waals surface area contributed by atoms with Gasteiger partial charge in [0.2, 0.25) is 0 Å². The van der Waals surface area contributed by atoms with Crippen LogP contribution in [0, 0.1) is 6.92 Å². The van der Waals surface area contributed by atoms with Crippen LogP contribution < -0.4 is 5.73 Å². The summed E-state index contributed by atoms with van der Waals surface area (Å²) in [6.07, 6.45) is 1.73. The summed E-state index contributed by atoms with van der Waals surface area (Å²) < 4.78 is 0. The number of nitrogens with zero attached hydrogens (tertiary/aromatic N) is 1. The van der Waals surface area contributed by atoms with Crippen molar-refractivity contribution >= 4 is 17.5 Å². The third kappa shape index (κ3) is 2.36. The summed E-state index contributed by atoms with van der Waals surface area (Å²) in [7, 11) is 0. The lowest BCUT2D eigenvalue weighted by Crippen LogP contribution is -1.94. The van der Waals surface area contributed by atoms with Crippen molar-refractivity contribution in [3.05, 3.63) is 46.2 Å². The van der Waals surface area contributed by atoms with E-state index in [0.717, 1.165) is 34.8 Å². The maximum absolute atomic E-state index is 6.08. The van der Waals surface area contributed by atoms with Crippen LogP contribution in [-0.4, -0.2) is 9.97 Å². The highest BCUT2D eigenvalue weighted by Gasteiger charge is 2.06. The van der Waals surface area contributed by atoms with Gasteiger partial charge in [0.15, 0.2) is 5.95 Å². The second-order valence-electron chi connectivity index (χ2n) is 3.79. The number of nitrogens with one attached hydrogen (secondary N) is 1. The quantitative estimate of drug-likeness (QED) is 0.860. The number of hydrogen-bond acceptors (Lipinski definition) is 2. The number of imidazole rings is 1. The number of nitrogens with two attached hydrogens (primary N) is 1. The predicted octanol–water partition coefficient (Wildman–Crippen LogP) is 2.74. The molecular weight excluding hydrogens is 222 g/mol. The minimum Gasteiger partial charge on any atom is -0.369 e. The average Bonchev–Trinajstić information content (AvgIpc) is 2.56. The fraction of sp³-hybridized carbons (Fsp3) is 0.250. The van der Waals surface area contributed by atoms with E-state index in [1.165, 1.54) is 0 Å². The predicted molar refractivity (Wildman–Crippen MR) is 66.6 cm³/mol. The Morgan fingerprint density at radius 2 is 2.06 bits per heavy atom. The van der Waals surface area contributed by atoms with Crippen LogP contribution in [0.25, 0.3) is 0 Å². The molecule has 0 spiro atoms. The number of hydrogen-bond donors (Lipinski definition) is 2. The highest BCUT2D eigenvalue weighted by atomic mass is 35.5. The van der Waals surface area contributed by atoms with Gasteiger partial charge in [-0.1, -0.05) is 29.8 Å². The van der Waals surface area contributed by atoms with Crippen molar-refractivity contribution in [1.82, 2.24) is 9.97 Å². The number of H-pyrrole nitrogens is 1. The molecular formula is C12H14ClN3. The van der Waals surface area contributed by atoms with E-state index in [-0.39, 0.29) is 0 Å². The van der Waals surface area contributed by atoms with Crippen molar-refractivity contribution in [2.24, 2.45) is 0 Å². The molecule has 0 saturated heterocycles. The van der Waals surface area contributed by atoms with Crippen LogP contribution in [0.5, 0.6) is 0 Å². The van der Waals surface area contributed by atoms with Crippen molar-refractivity contribution in [3.8, 4) is 0 Å². The van der Waals surface area contributed by atoms with Crippen LogP contribution in [0.3, 0.4) is 0 Å². The number of anilines is 1. The van der Waals surface area contributed by atoms with Gasteiger partial charge in [-0.3, -0.25) is 0 Å². The molecule has 1 aromatic heterocycles. The normalized spacial score (nSPS) is 10.6. The molecule has 0 bridgehead atoms. The first-order valence-corrected chi connectivity index (χ1v) is 5.59. The van der Waals surface area contributed by atoms with Gasteiger partial charge in [0.1, 0.15) is 0 Å². The van der Waals surface area contributed by atoms with Crippen molar-refractivity contribution in [3.63, 3.8) is 0 Å². The maximum Gasteiger partial charge on any atom is 0.197 e. The van der Waals surface area contributed by atoms with Crippen LogP contribution >= 0.6 is 11.6 Å². The highest BCUT2D eigenvalue weighted by Crippen LogP contribution is 2.18. The van der Waals surface area contributed by atoms with Crippen molar-refractivity contribution in [2.75, 3.05) is 5.73 Å². The molecule has 2 rings (SSSR count). The van der Waals surface area contributed by atoms with E-state index in [9.17, 15) is 0 Å². The van der Waals surface area contributed by atoms with Crippen LogP contribution in [0.15, 0.2) is 24.3 Å². The summed E-state index contributed by atoms with van der Waals surface area (Å²) in [5.41, 5.74) is 8.77. The molecule has 0 aliphatic heterocycles. The second kappa shape index (κ2) is 4.58. The number of aromatic nitrogens is 2. The standard InChI is InChI=1S/C12H14ClN3/c1-8-11(16-12(14)15-8)7-6-9-4-2-3-5-10(9)13/h2-5H,6-7H2,1H3,(H3,14,15,16). The van der Waals surface area contributed by atoms with E-state index in [0.29, 0.717) is 5.95 Å². The lowest BCUT2D eigenvalue weighted by Gasteiger charge is -2.02. The molecule has 0 aliphatic rings. The Morgan fingerprint density at radius 3 is 2.69 bits per heavy atom. The van der Waals surface area contributed by atoms with Crippen LogP contribution in [0.1, 0.15) is 17.0 Å². The van der Waals surface area contributed by atoms with Gasteiger partial charge in [-0.05, 0) is 31.4 Å². The molecule has 0 fully saturated rings. The van der Waals surface area contributed by atoms with E-state index >= 15 is 0 Å². The lowest BCUT2D eigenvalue weighted by atomic mass is 10.1. The van der Waals surface area contributed by atoms with Crippen molar-refractivity contribution in [2.45, 2.75) is 19.8 Å². The third-order valence-corrected chi connectivity index (χ3v) is 2.96. The van der Waals surface area contributed by atoms with Crippen LogP contribution in [-0.2, 0) is 12.8 Å². The Hall–Kier alpha value is -1.48. The molecule has 0 amide bonds. The first-order valence-electron chi connectivity index (χ1n) is 5.21. The second-order valence-corrected chi connectivity index (χ2v) is 4.19. The summed E-state index contributed by atoms with van der Waals surface area (Å²) in [6.45, 7) is 1.98. The summed E-state index contributed by atoms with van der Waals surface area (Å²) in [5, 5.41) is 0.809. The molecule has 0 saturated carbocycles. The van der Waals surface area contributed by atoms with Crippen LogP contribution in [0.2, 0.25) is 5.02 Å².